The number of fused-ring (bicyclic) bond motifs is 4. The number of hydrogen-bond acceptors (Lipinski definition) is 15. The standard InChI is InChI=1S/C59H73FN8O9S/c1-4-67-53-11-5-45(35-49(53)48-10-8-46(38-55(48)67)52-40-78-41-63-52)39-61-16-23-71-28-30-74-32-34-75-33-31-73-29-27-70-22-15-58(69)62-17-24-76-56-13-6-44(36-50(56)60)7-14-57-64-51-37-47(59-42(2)65-77-43(59)3)9-12-54(51)68(57)19-18-66-20-25-72-26-21-66/h5-6,8-13,35-38,40-41,61H,4,7,14-34,39H2,1-3H3,(H,62,69). The molecule has 8 aromatic rings. The van der Waals surface area contributed by atoms with Gasteiger partial charge in [0.15, 0.2) is 11.6 Å². The zero-order valence-electron chi connectivity index (χ0n) is 45.2. The first kappa shape index (κ1) is 56.6. The van der Waals surface area contributed by atoms with Crippen molar-refractivity contribution >= 4 is 50.1 Å². The normalized spacial score (nSPS) is 13.2. The second kappa shape index (κ2) is 29.2. The molecule has 0 spiro atoms. The number of halogens is 1. The van der Waals surface area contributed by atoms with Crippen molar-refractivity contribution in [2.75, 3.05) is 119 Å². The maximum absolute atomic E-state index is 15.2. The number of thiazole rings is 1. The number of carbonyl (C=O) groups is 1. The quantitative estimate of drug-likeness (QED) is 0.0375. The SMILES string of the molecule is CCn1c2ccc(CNCCOCCOCCOCCOCCOCCC(=O)NCCOc3ccc(CCc4nc5cc(-c6c(C)noc6C)ccc5n4CCN4CCOCC4)cc3F)cc2c2ccc(-c3cscn3)cc21. The van der Waals surface area contributed by atoms with Gasteiger partial charge in [-0.05, 0) is 86.3 Å². The Kier molecular flexibility index (Phi) is 21.2. The molecule has 1 saturated heterocycles. The molecular formula is C59H73FN8O9S. The number of aryl methyl sites for hydroxylation is 5. The molecule has 0 radical (unpaired) electrons. The number of aromatic nitrogens is 5. The number of carbonyl (C=O) groups excluding carboxylic acids is 1. The Morgan fingerprint density at radius 2 is 1.45 bits per heavy atom. The Bertz CT molecular complexity index is 3130. The molecule has 1 aliphatic heterocycles. The van der Waals surface area contributed by atoms with Crippen LogP contribution in [-0.2, 0) is 65.7 Å². The van der Waals surface area contributed by atoms with Crippen LogP contribution >= 0.6 is 11.3 Å². The van der Waals surface area contributed by atoms with Crippen molar-refractivity contribution in [2.24, 2.45) is 0 Å². The third-order valence-corrected chi connectivity index (χ3v) is 14.5. The zero-order valence-corrected chi connectivity index (χ0v) is 46.0. The molecule has 19 heteroatoms. The van der Waals surface area contributed by atoms with Gasteiger partial charge in [0.25, 0.3) is 0 Å². The molecule has 1 amide bonds. The summed E-state index contributed by atoms with van der Waals surface area (Å²) >= 11 is 1.62. The molecule has 0 aliphatic carbocycles. The van der Waals surface area contributed by atoms with Crippen molar-refractivity contribution in [3.63, 3.8) is 0 Å². The summed E-state index contributed by atoms with van der Waals surface area (Å²) in [7, 11) is 0. The number of morpholine rings is 1. The van der Waals surface area contributed by atoms with Gasteiger partial charge in [0.1, 0.15) is 18.2 Å². The average Bonchev–Trinajstić information content (AvgIpc) is 4.27. The molecular weight excluding hydrogens is 1020 g/mol. The lowest BCUT2D eigenvalue weighted by molar-refractivity contribution is -0.122. The van der Waals surface area contributed by atoms with Gasteiger partial charge < -0.3 is 57.4 Å². The van der Waals surface area contributed by atoms with Crippen molar-refractivity contribution < 1.29 is 46.9 Å². The fourth-order valence-electron chi connectivity index (χ4n) is 9.89. The molecule has 1 fully saturated rings. The molecule has 0 unspecified atom stereocenters. The maximum atomic E-state index is 15.2. The molecule has 416 valence electrons. The van der Waals surface area contributed by atoms with E-state index in [4.69, 9.17) is 42.7 Å². The highest BCUT2D eigenvalue weighted by molar-refractivity contribution is 7.07. The van der Waals surface area contributed by atoms with E-state index >= 15 is 4.39 Å². The topological polar surface area (TPSA) is 171 Å². The largest absolute Gasteiger partial charge is 0.489 e. The number of imidazole rings is 1. The Morgan fingerprint density at radius 3 is 2.17 bits per heavy atom. The number of ether oxygens (including phenoxy) is 7. The zero-order chi connectivity index (χ0) is 53.9. The molecule has 5 heterocycles. The summed E-state index contributed by atoms with van der Waals surface area (Å²) in [5.41, 5.74) is 13.4. The van der Waals surface area contributed by atoms with E-state index in [1.54, 1.807) is 17.4 Å². The molecule has 78 heavy (non-hydrogen) atoms. The van der Waals surface area contributed by atoms with Gasteiger partial charge in [0.05, 0.1) is 114 Å². The summed E-state index contributed by atoms with van der Waals surface area (Å²) in [5, 5.41) is 15.1. The fourth-order valence-corrected chi connectivity index (χ4v) is 10.4. The van der Waals surface area contributed by atoms with Crippen LogP contribution in [0.3, 0.4) is 0 Å². The van der Waals surface area contributed by atoms with E-state index in [2.05, 4.69) is 102 Å². The Morgan fingerprint density at radius 1 is 0.718 bits per heavy atom. The van der Waals surface area contributed by atoms with E-state index in [0.29, 0.717) is 72.3 Å². The van der Waals surface area contributed by atoms with Crippen LogP contribution < -0.4 is 15.4 Å². The Hall–Kier alpha value is -6.13. The number of amides is 1. The van der Waals surface area contributed by atoms with Gasteiger partial charge in [-0.3, -0.25) is 9.69 Å². The van der Waals surface area contributed by atoms with Crippen LogP contribution in [0.1, 0.15) is 41.8 Å². The summed E-state index contributed by atoms with van der Waals surface area (Å²) in [6, 6.07) is 24.7. The summed E-state index contributed by atoms with van der Waals surface area (Å²) in [5.74, 6) is 1.24. The first-order valence-electron chi connectivity index (χ1n) is 27.3. The molecule has 17 nitrogen and oxygen atoms in total. The Labute approximate surface area is 459 Å². The lowest BCUT2D eigenvalue weighted by Gasteiger charge is -2.27. The number of rotatable bonds is 33. The first-order chi connectivity index (χ1) is 38.3. The summed E-state index contributed by atoms with van der Waals surface area (Å²) in [6.07, 6.45) is 1.43. The van der Waals surface area contributed by atoms with Crippen LogP contribution in [0.4, 0.5) is 4.39 Å². The van der Waals surface area contributed by atoms with E-state index in [1.165, 1.54) is 33.4 Å². The highest BCUT2D eigenvalue weighted by Gasteiger charge is 2.19. The maximum Gasteiger partial charge on any atom is 0.222 e. The summed E-state index contributed by atoms with van der Waals surface area (Å²) in [4.78, 5) is 24.4. The van der Waals surface area contributed by atoms with Crippen LogP contribution in [0, 0.1) is 19.7 Å². The average molecular weight is 1090 g/mol. The highest BCUT2D eigenvalue weighted by Crippen LogP contribution is 2.34. The van der Waals surface area contributed by atoms with Gasteiger partial charge in [0.2, 0.25) is 5.91 Å². The minimum absolute atomic E-state index is 0.130. The minimum atomic E-state index is -0.446. The lowest BCUT2D eigenvalue weighted by atomic mass is 10.0. The van der Waals surface area contributed by atoms with Crippen molar-refractivity contribution in [3.8, 4) is 28.1 Å². The van der Waals surface area contributed by atoms with Crippen LogP contribution in [-0.4, -0.2) is 154 Å². The molecule has 1 aliphatic rings. The smallest absolute Gasteiger partial charge is 0.222 e. The molecule has 2 N–H and O–H groups in total. The first-order valence-corrected chi connectivity index (χ1v) is 28.2. The second-order valence-corrected chi connectivity index (χ2v) is 19.9. The van der Waals surface area contributed by atoms with Crippen molar-refractivity contribution in [1.29, 1.82) is 0 Å². The van der Waals surface area contributed by atoms with Crippen LogP contribution in [0.2, 0.25) is 0 Å². The predicted octanol–water partition coefficient (Wildman–Crippen LogP) is 8.57. The summed E-state index contributed by atoms with van der Waals surface area (Å²) in [6.45, 7) is 18.3. The molecule has 0 saturated carbocycles. The third kappa shape index (κ3) is 15.4. The second-order valence-electron chi connectivity index (χ2n) is 19.2. The summed E-state index contributed by atoms with van der Waals surface area (Å²) < 4.78 is 64.7. The lowest BCUT2D eigenvalue weighted by Crippen LogP contribution is -2.38. The van der Waals surface area contributed by atoms with Gasteiger partial charge in [-0.25, -0.2) is 14.4 Å². The van der Waals surface area contributed by atoms with Crippen molar-refractivity contribution in [2.45, 2.75) is 59.7 Å². The van der Waals surface area contributed by atoms with E-state index in [0.717, 1.165) is 115 Å². The molecule has 9 rings (SSSR count). The van der Waals surface area contributed by atoms with Gasteiger partial charge in [-0.1, -0.05) is 35.5 Å². The van der Waals surface area contributed by atoms with Crippen molar-refractivity contribution in [3.05, 3.63) is 118 Å². The van der Waals surface area contributed by atoms with Crippen molar-refractivity contribution in [1.82, 2.24) is 39.8 Å². The molecule has 0 atom stereocenters. The van der Waals surface area contributed by atoms with Crippen LogP contribution in [0.15, 0.2) is 88.2 Å². The minimum Gasteiger partial charge on any atom is -0.489 e. The number of benzene rings is 4. The van der Waals surface area contributed by atoms with E-state index in [9.17, 15) is 4.79 Å². The Balaban J connectivity index is 0.565. The monoisotopic (exact) mass is 1090 g/mol. The van der Waals surface area contributed by atoms with Gasteiger partial charge in [0, 0.05) is 97.0 Å². The van der Waals surface area contributed by atoms with Crippen LogP contribution in [0.25, 0.3) is 55.2 Å². The molecule has 4 aromatic heterocycles. The van der Waals surface area contributed by atoms with E-state index < -0.39 is 5.82 Å². The fraction of sp³-hybridized carbons (Fsp3) is 0.458. The van der Waals surface area contributed by atoms with Crippen LogP contribution in [0.5, 0.6) is 5.75 Å². The van der Waals surface area contributed by atoms with Gasteiger partial charge in [-0.15, -0.1) is 11.3 Å². The molecule has 0 bridgehead atoms. The third-order valence-electron chi connectivity index (χ3n) is 13.9. The van der Waals surface area contributed by atoms with E-state index in [1.807, 2.05) is 25.4 Å². The predicted molar refractivity (Wildman–Crippen MR) is 301 cm³/mol. The number of hydrogen-bond donors (Lipinski definition) is 2. The number of nitrogens with one attached hydrogen (secondary N) is 2. The molecule has 4 aromatic carbocycles. The van der Waals surface area contributed by atoms with Gasteiger partial charge >= 0.3 is 0 Å². The highest BCUT2D eigenvalue weighted by atomic mass is 32.1. The van der Waals surface area contributed by atoms with E-state index in [-0.39, 0.29) is 37.8 Å². The number of nitrogens with zero attached hydrogens (tertiary/aromatic N) is 6. The van der Waals surface area contributed by atoms with Gasteiger partial charge in [-0.2, -0.15) is 0 Å².